The second-order valence-electron chi connectivity index (χ2n) is 2.69. The van der Waals surface area contributed by atoms with Crippen LogP contribution in [0.25, 0.3) is 0 Å². The maximum atomic E-state index is 9.20. The molecule has 0 atom stereocenters. The van der Waals surface area contributed by atoms with Gasteiger partial charge in [-0.15, -0.1) is 0 Å². The number of phenols is 2. The summed E-state index contributed by atoms with van der Waals surface area (Å²) in [6.07, 6.45) is 0.608. The molecule has 4 nitrogen and oxygen atoms in total. The van der Waals surface area contributed by atoms with Crippen LogP contribution < -0.4 is 10.5 Å². The van der Waals surface area contributed by atoms with Crippen LogP contribution in [0.1, 0.15) is 5.56 Å². The van der Waals surface area contributed by atoms with E-state index in [0.717, 1.165) is 5.56 Å². The lowest BCUT2D eigenvalue weighted by Gasteiger charge is -2.08. The molecule has 72 valence electrons. The van der Waals surface area contributed by atoms with Crippen LogP contribution in [0.5, 0.6) is 17.2 Å². The molecule has 0 aromatic heterocycles. The number of phenolic OH excluding ortho intramolecular Hbond substituents is 2. The molecule has 0 saturated heterocycles. The van der Waals surface area contributed by atoms with Crippen molar-refractivity contribution in [1.29, 1.82) is 0 Å². The Morgan fingerprint density at radius 1 is 1.31 bits per heavy atom. The lowest BCUT2D eigenvalue weighted by Crippen LogP contribution is -2.04. The van der Waals surface area contributed by atoms with Crippen molar-refractivity contribution >= 4 is 0 Å². The minimum Gasteiger partial charge on any atom is -0.504 e. The third kappa shape index (κ3) is 2.03. The van der Waals surface area contributed by atoms with Crippen LogP contribution in [0.4, 0.5) is 0 Å². The van der Waals surface area contributed by atoms with Gasteiger partial charge in [0.15, 0.2) is 11.5 Å². The topological polar surface area (TPSA) is 75.7 Å². The molecule has 0 aliphatic rings. The summed E-state index contributed by atoms with van der Waals surface area (Å²) >= 11 is 0. The van der Waals surface area contributed by atoms with E-state index in [-0.39, 0.29) is 11.5 Å². The van der Waals surface area contributed by atoms with Gasteiger partial charge in [0.1, 0.15) is 5.75 Å². The smallest absolute Gasteiger partial charge is 0.161 e. The highest BCUT2D eigenvalue weighted by Gasteiger charge is 2.07. The standard InChI is InChI=1S/C9H13NO3/c1-13-9-5-8(12)7(11)4-6(9)2-3-10/h4-5,11-12H,2-3,10H2,1H3. The predicted octanol–water partition coefficient (Wildman–Crippen LogP) is 0.608. The molecule has 4 N–H and O–H groups in total. The maximum Gasteiger partial charge on any atom is 0.161 e. The molecule has 0 amide bonds. The summed E-state index contributed by atoms with van der Waals surface area (Å²) in [5.74, 6) is 0.211. The molecule has 0 aliphatic carbocycles. The van der Waals surface area contributed by atoms with Crippen molar-refractivity contribution in [3.05, 3.63) is 17.7 Å². The summed E-state index contributed by atoms with van der Waals surface area (Å²) in [5, 5.41) is 18.4. The molecule has 0 heterocycles. The van der Waals surface area contributed by atoms with Gasteiger partial charge >= 0.3 is 0 Å². The zero-order valence-corrected chi connectivity index (χ0v) is 7.45. The van der Waals surface area contributed by atoms with Gasteiger partial charge in [-0.2, -0.15) is 0 Å². The fourth-order valence-electron chi connectivity index (χ4n) is 1.14. The second-order valence-corrected chi connectivity index (χ2v) is 2.69. The zero-order valence-electron chi connectivity index (χ0n) is 7.45. The first-order valence-electron chi connectivity index (χ1n) is 3.98. The van der Waals surface area contributed by atoms with Gasteiger partial charge in [0, 0.05) is 6.07 Å². The molecule has 0 bridgehead atoms. The van der Waals surface area contributed by atoms with E-state index in [0.29, 0.717) is 18.7 Å². The van der Waals surface area contributed by atoms with Crippen molar-refractivity contribution in [2.24, 2.45) is 5.73 Å². The number of methoxy groups -OCH3 is 1. The van der Waals surface area contributed by atoms with Crippen molar-refractivity contribution < 1.29 is 14.9 Å². The summed E-state index contributed by atoms with van der Waals surface area (Å²) in [5.41, 5.74) is 6.16. The quantitative estimate of drug-likeness (QED) is 0.600. The third-order valence-corrected chi connectivity index (χ3v) is 1.79. The van der Waals surface area contributed by atoms with Gasteiger partial charge in [-0.05, 0) is 24.6 Å². The fraction of sp³-hybridized carbons (Fsp3) is 0.333. The first-order valence-corrected chi connectivity index (χ1v) is 3.98. The van der Waals surface area contributed by atoms with Crippen LogP contribution in [0.3, 0.4) is 0 Å². The molecule has 0 radical (unpaired) electrons. The van der Waals surface area contributed by atoms with E-state index in [1.54, 1.807) is 0 Å². The van der Waals surface area contributed by atoms with E-state index in [4.69, 9.17) is 15.6 Å². The first-order chi connectivity index (χ1) is 6.19. The Hall–Kier alpha value is -1.42. The average Bonchev–Trinajstić information content (AvgIpc) is 2.11. The average molecular weight is 183 g/mol. The summed E-state index contributed by atoms with van der Waals surface area (Å²) in [4.78, 5) is 0. The van der Waals surface area contributed by atoms with E-state index in [1.807, 2.05) is 0 Å². The number of hydrogen-bond acceptors (Lipinski definition) is 4. The normalized spacial score (nSPS) is 10.0. The van der Waals surface area contributed by atoms with Crippen molar-refractivity contribution in [2.45, 2.75) is 6.42 Å². The highest BCUT2D eigenvalue weighted by Crippen LogP contribution is 2.32. The summed E-state index contributed by atoms with van der Waals surface area (Å²) in [6, 6.07) is 2.83. The Balaban J connectivity index is 3.09. The molecule has 0 saturated carbocycles. The van der Waals surface area contributed by atoms with Gasteiger partial charge in [0.2, 0.25) is 0 Å². The Morgan fingerprint density at radius 3 is 2.46 bits per heavy atom. The molecule has 4 heteroatoms. The number of rotatable bonds is 3. The Morgan fingerprint density at radius 2 is 1.92 bits per heavy atom. The number of benzene rings is 1. The minimum atomic E-state index is -0.183. The van der Waals surface area contributed by atoms with Gasteiger partial charge in [0.05, 0.1) is 7.11 Å². The highest BCUT2D eigenvalue weighted by atomic mass is 16.5. The SMILES string of the molecule is COc1cc(O)c(O)cc1CCN. The first kappa shape index (κ1) is 9.67. The molecule has 0 aliphatic heterocycles. The van der Waals surface area contributed by atoms with Gasteiger partial charge in [0.25, 0.3) is 0 Å². The molecule has 0 fully saturated rings. The summed E-state index contributed by atoms with van der Waals surface area (Å²) < 4.78 is 5.01. The van der Waals surface area contributed by atoms with Crippen LogP contribution in [0.2, 0.25) is 0 Å². The van der Waals surface area contributed by atoms with Crippen molar-refractivity contribution in [3.63, 3.8) is 0 Å². The van der Waals surface area contributed by atoms with Gasteiger partial charge < -0.3 is 20.7 Å². The van der Waals surface area contributed by atoms with Crippen molar-refractivity contribution in [1.82, 2.24) is 0 Å². The van der Waals surface area contributed by atoms with E-state index < -0.39 is 0 Å². The largest absolute Gasteiger partial charge is 0.504 e. The molecule has 1 rings (SSSR count). The van der Waals surface area contributed by atoms with Crippen LogP contribution in [0.15, 0.2) is 12.1 Å². The van der Waals surface area contributed by atoms with Crippen LogP contribution in [-0.2, 0) is 6.42 Å². The third-order valence-electron chi connectivity index (χ3n) is 1.79. The Bertz CT molecular complexity index is 299. The second kappa shape index (κ2) is 4.00. The van der Waals surface area contributed by atoms with Crippen LogP contribution in [0, 0.1) is 0 Å². The monoisotopic (exact) mass is 183 g/mol. The summed E-state index contributed by atoms with van der Waals surface area (Å²) in [7, 11) is 1.51. The van der Waals surface area contributed by atoms with Gasteiger partial charge in [-0.25, -0.2) is 0 Å². The maximum absolute atomic E-state index is 9.20. The molecule has 0 spiro atoms. The van der Waals surface area contributed by atoms with E-state index in [9.17, 15) is 5.11 Å². The van der Waals surface area contributed by atoms with Gasteiger partial charge in [-0.3, -0.25) is 0 Å². The Labute approximate surface area is 76.6 Å². The van der Waals surface area contributed by atoms with Crippen molar-refractivity contribution in [3.8, 4) is 17.2 Å². The molecule has 0 unspecified atom stereocenters. The molecule has 1 aromatic carbocycles. The number of nitrogens with two attached hydrogens (primary N) is 1. The lowest BCUT2D eigenvalue weighted by atomic mass is 10.1. The Kier molecular flexibility index (Phi) is 2.97. The predicted molar refractivity (Wildman–Crippen MR) is 49.1 cm³/mol. The van der Waals surface area contributed by atoms with E-state index >= 15 is 0 Å². The number of hydrogen-bond donors (Lipinski definition) is 3. The van der Waals surface area contributed by atoms with Crippen LogP contribution in [-0.4, -0.2) is 23.9 Å². The minimum absolute atomic E-state index is 0.149. The van der Waals surface area contributed by atoms with E-state index in [1.165, 1.54) is 19.2 Å². The molecular weight excluding hydrogens is 170 g/mol. The van der Waals surface area contributed by atoms with E-state index in [2.05, 4.69) is 0 Å². The molecule has 13 heavy (non-hydrogen) atoms. The lowest BCUT2D eigenvalue weighted by molar-refractivity contribution is 0.382. The fourth-order valence-corrected chi connectivity index (χ4v) is 1.14. The summed E-state index contributed by atoms with van der Waals surface area (Å²) in [6.45, 7) is 0.473. The van der Waals surface area contributed by atoms with Gasteiger partial charge in [-0.1, -0.05) is 0 Å². The number of ether oxygens (including phenoxy) is 1. The zero-order chi connectivity index (χ0) is 9.84. The molecule has 1 aromatic rings. The van der Waals surface area contributed by atoms with Crippen LogP contribution >= 0.6 is 0 Å². The molecular formula is C9H13NO3. The highest BCUT2D eigenvalue weighted by molar-refractivity contribution is 5.49. The van der Waals surface area contributed by atoms with Crippen molar-refractivity contribution in [2.75, 3.05) is 13.7 Å². The number of aromatic hydroxyl groups is 2.